The fourth-order valence-electron chi connectivity index (χ4n) is 2.33. The van der Waals surface area contributed by atoms with Crippen LogP contribution < -0.4 is 0 Å². The number of carbonyl (C=O) groups excluding carboxylic acids is 1. The van der Waals surface area contributed by atoms with Gasteiger partial charge in [-0.2, -0.15) is 0 Å². The predicted molar refractivity (Wildman–Crippen MR) is 83.5 cm³/mol. The molecule has 1 saturated heterocycles. The second-order valence-electron chi connectivity index (χ2n) is 5.32. The summed E-state index contributed by atoms with van der Waals surface area (Å²) in [4.78, 5) is 16.4. The van der Waals surface area contributed by atoms with E-state index in [0.29, 0.717) is 22.5 Å². The van der Waals surface area contributed by atoms with Crippen molar-refractivity contribution in [1.82, 2.24) is 24.6 Å². The molecule has 0 spiro atoms. The SMILES string of the molecule is CN1CCN(C(=O)CSc2nnc(-c3ccco3)n2C)CC1. The first-order chi connectivity index (χ1) is 10.6. The second-order valence-corrected chi connectivity index (χ2v) is 6.26. The average Bonchev–Trinajstić information content (AvgIpc) is 3.15. The van der Waals surface area contributed by atoms with E-state index in [1.165, 1.54) is 11.8 Å². The van der Waals surface area contributed by atoms with E-state index in [2.05, 4.69) is 22.1 Å². The smallest absolute Gasteiger partial charge is 0.233 e. The highest BCUT2D eigenvalue weighted by atomic mass is 32.2. The van der Waals surface area contributed by atoms with Gasteiger partial charge in [-0.25, -0.2) is 0 Å². The number of amides is 1. The van der Waals surface area contributed by atoms with Gasteiger partial charge in [0.25, 0.3) is 0 Å². The Balaban J connectivity index is 1.59. The lowest BCUT2D eigenvalue weighted by Crippen LogP contribution is -2.47. The van der Waals surface area contributed by atoms with Crippen molar-refractivity contribution in [3.05, 3.63) is 18.4 Å². The van der Waals surface area contributed by atoms with E-state index in [1.807, 2.05) is 28.6 Å². The van der Waals surface area contributed by atoms with E-state index >= 15 is 0 Å². The Bertz CT molecular complexity index is 632. The van der Waals surface area contributed by atoms with E-state index in [1.54, 1.807) is 6.26 Å². The first-order valence-electron chi connectivity index (χ1n) is 7.17. The number of likely N-dealkylation sites (N-methyl/N-ethyl adjacent to an activating group) is 1. The number of hydrogen-bond donors (Lipinski definition) is 0. The number of aromatic nitrogens is 3. The van der Waals surface area contributed by atoms with Gasteiger partial charge >= 0.3 is 0 Å². The number of nitrogens with zero attached hydrogens (tertiary/aromatic N) is 5. The summed E-state index contributed by atoms with van der Waals surface area (Å²) in [5.41, 5.74) is 0. The van der Waals surface area contributed by atoms with Crippen molar-refractivity contribution in [3.8, 4) is 11.6 Å². The summed E-state index contributed by atoms with van der Waals surface area (Å²) in [7, 11) is 3.95. The molecule has 3 rings (SSSR count). The molecule has 1 amide bonds. The molecular formula is C14H19N5O2S. The second kappa shape index (κ2) is 6.53. The molecule has 1 aliphatic rings. The minimum Gasteiger partial charge on any atom is -0.461 e. The third kappa shape index (κ3) is 3.17. The molecular weight excluding hydrogens is 302 g/mol. The first kappa shape index (κ1) is 15.1. The summed E-state index contributed by atoms with van der Waals surface area (Å²) in [6.07, 6.45) is 1.60. The van der Waals surface area contributed by atoms with E-state index in [9.17, 15) is 4.79 Å². The van der Waals surface area contributed by atoms with Gasteiger partial charge in [-0.1, -0.05) is 11.8 Å². The zero-order valence-electron chi connectivity index (χ0n) is 12.7. The van der Waals surface area contributed by atoms with Crippen molar-refractivity contribution in [2.75, 3.05) is 39.0 Å². The monoisotopic (exact) mass is 321 g/mol. The normalized spacial score (nSPS) is 16.2. The van der Waals surface area contributed by atoms with Crippen LogP contribution in [0.15, 0.2) is 28.0 Å². The Hall–Kier alpha value is -1.80. The largest absolute Gasteiger partial charge is 0.461 e. The van der Waals surface area contributed by atoms with Crippen LogP contribution in [-0.4, -0.2) is 69.5 Å². The van der Waals surface area contributed by atoms with Crippen molar-refractivity contribution in [2.45, 2.75) is 5.16 Å². The maximum absolute atomic E-state index is 12.2. The quantitative estimate of drug-likeness (QED) is 0.781. The molecule has 118 valence electrons. The van der Waals surface area contributed by atoms with Crippen LogP contribution in [0, 0.1) is 0 Å². The van der Waals surface area contributed by atoms with E-state index in [0.717, 1.165) is 26.2 Å². The minimum absolute atomic E-state index is 0.153. The van der Waals surface area contributed by atoms with Gasteiger partial charge in [0.05, 0.1) is 12.0 Å². The molecule has 1 aliphatic heterocycles. The van der Waals surface area contributed by atoms with Crippen LogP contribution in [0.1, 0.15) is 0 Å². The molecule has 1 fully saturated rings. The lowest BCUT2D eigenvalue weighted by atomic mass is 10.3. The molecule has 0 aliphatic carbocycles. The standard InChI is InChI=1S/C14H19N5O2S/c1-17-5-7-19(8-6-17)12(20)10-22-14-16-15-13(18(14)2)11-4-3-9-21-11/h3-4,9H,5-8,10H2,1-2H3. The van der Waals surface area contributed by atoms with Crippen LogP contribution in [0.3, 0.4) is 0 Å². The average molecular weight is 321 g/mol. The van der Waals surface area contributed by atoms with Crippen LogP contribution in [0.2, 0.25) is 0 Å². The van der Waals surface area contributed by atoms with Gasteiger partial charge in [0.15, 0.2) is 16.7 Å². The van der Waals surface area contributed by atoms with E-state index in [-0.39, 0.29) is 5.91 Å². The third-order valence-electron chi connectivity index (χ3n) is 3.76. The summed E-state index contributed by atoms with van der Waals surface area (Å²) in [6, 6.07) is 3.65. The molecule has 22 heavy (non-hydrogen) atoms. The summed E-state index contributed by atoms with van der Waals surface area (Å²) >= 11 is 1.41. The zero-order valence-corrected chi connectivity index (χ0v) is 13.5. The molecule has 8 heteroatoms. The summed E-state index contributed by atoms with van der Waals surface area (Å²) < 4.78 is 7.18. The molecule has 2 aromatic rings. The highest BCUT2D eigenvalue weighted by Crippen LogP contribution is 2.23. The maximum Gasteiger partial charge on any atom is 0.233 e. The number of furan rings is 1. The summed E-state index contributed by atoms with van der Waals surface area (Å²) in [6.45, 7) is 3.46. The van der Waals surface area contributed by atoms with Crippen LogP contribution in [0.25, 0.3) is 11.6 Å². The van der Waals surface area contributed by atoms with Gasteiger partial charge in [-0.05, 0) is 19.2 Å². The fourth-order valence-corrected chi connectivity index (χ4v) is 3.15. The molecule has 0 aromatic carbocycles. The van der Waals surface area contributed by atoms with Gasteiger partial charge in [0, 0.05) is 33.2 Å². The minimum atomic E-state index is 0.153. The molecule has 0 unspecified atom stereocenters. The molecule has 3 heterocycles. The Kier molecular flexibility index (Phi) is 4.49. The van der Waals surface area contributed by atoms with Gasteiger partial charge in [-0.3, -0.25) is 4.79 Å². The van der Waals surface area contributed by atoms with Crippen LogP contribution in [-0.2, 0) is 11.8 Å². The number of rotatable bonds is 4. The highest BCUT2D eigenvalue weighted by Gasteiger charge is 2.20. The first-order valence-corrected chi connectivity index (χ1v) is 8.16. The molecule has 0 saturated carbocycles. The molecule has 0 radical (unpaired) electrons. The van der Waals surface area contributed by atoms with Crippen molar-refractivity contribution in [2.24, 2.45) is 7.05 Å². The van der Waals surface area contributed by atoms with Crippen molar-refractivity contribution < 1.29 is 9.21 Å². The van der Waals surface area contributed by atoms with Gasteiger partial charge in [0.2, 0.25) is 5.91 Å². The zero-order chi connectivity index (χ0) is 15.5. The predicted octanol–water partition coefficient (Wildman–Crippen LogP) is 0.941. The van der Waals surface area contributed by atoms with Gasteiger partial charge < -0.3 is 18.8 Å². The Morgan fingerprint density at radius 2 is 2.05 bits per heavy atom. The highest BCUT2D eigenvalue weighted by molar-refractivity contribution is 7.99. The van der Waals surface area contributed by atoms with E-state index in [4.69, 9.17) is 4.42 Å². The van der Waals surface area contributed by atoms with Crippen LogP contribution >= 0.6 is 11.8 Å². The topological polar surface area (TPSA) is 67.4 Å². The van der Waals surface area contributed by atoms with Crippen molar-refractivity contribution in [1.29, 1.82) is 0 Å². The van der Waals surface area contributed by atoms with Gasteiger partial charge in [0.1, 0.15) is 0 Å². The molecule has 0 N–H and O–H groups in total. The van der Waals surface area contributed by atoms with Gasteiger partial charge in [-0.15, -0.1) is 10.2 Å². The molecule has 0 bridgehead atoms. The number of piperazine rings is 1. The molecule has 7 nitrogen and oxygen atoms in total. The Morgan fingerprint density at radius 1 is 1.27 bits per heavy atom. The lowest BCUT2D eigenvalue weighted by molar-refractivity contribution is -0.129. The fraction of sp³-hybridized carbons (Fsp3) is 0.500. The Morgan fingerprint density at radius 3 is 2.73 bits per heavy atom. The lowest BCUT2D eigenvalue weighted by Gasteiger charge is -2.32. The molecule has 0 atom stereocenters. The van der Waals surface area contributed by atoms with E-state index < -0.39 is 0 Å². The number of thioether (sulfide) groups is 1. The molecule has 2 aromatic heterocycles. The summed E-state index contributed by atoms with van der Waals surface area (Å²) in [5.74, 6) is 1.88. The third-order valence-corrected chi connectivity index (χ3v) is 4.76. The van der Waals surface area contributed by atoms with Crippen molar-refractivity contribution >= 4 is 17.7 Å². The summed E-state index contributed by atoms with van der Waals surface area (Å²) in [5, 5.41) is 8.98. The number of hydrogen-bond acceptors (Lipinski definition) is 6. The number of carbonyl (C=O) groups is 1. The van der Waals surface area contributed by atoms with Crippen molar-refractivity contribution in [3.63, 3.8) is 0 Å². The Labute approximate surface area is 133 Å². The maximum atomic E-state index is 12.2. The van der Waals surface area contributed by atoms with Crippen LogP contribution in [0.5, 0.6) is 0 Å². The van der Waals surface area contributed by atoms with Crippen LogP contribution in [0.4, 0.5) is 0 Å².